The molecule has 0 spiro atoms. The van der Waals surface area contributed by atoms with E-state index in [1.165, 1.54) is 11.4 Å². The van der Waals surface area contributed by atoms with Gasteiger partial charge >= 0.3 is 0 Å². The zero-order valence-electron chi connectivity index (χ0n) is 17.6. The highest BCUT2D eigenvalue weighted by Crippen LogP contribution is 2.25. The average Bonchev–Trinajstić information content (AvgIpc) is 2.73. The molecule has 0 saturated heterocycles. The van der Waals surface area contributed by atoms with Gasteiger partial charge in [-0.05, 0) is 48.4 Å². The molecular weight excluding hydrogens is 479 g/mol. The van der Waals surface area contributed by atoms with Gasteiger partial charge in [0.05, 0.1) is 22.0 Å². The Bertz CT molecular complexity index is 985. The predicted octanol–water partition coefficient (Wildman–Crippen LogP) is 4.60. The molecule has 2 aromatic carbocycles. The Morgan fingerprint density at radius 3 is 2.42 bits per heavy atom. The van der Waals surface area contributed by atoms with Gasteiger partial charge in [-0.1, -0.05) is 36.2 Å². The van der Waals surface area contributed by atoms with E-state index in [-0.39, 0.29) is 5.91 Å². The zero-order valence-corrected chi connectivity index (χ0v) is 20.7. The summed E-state index contributed by atoms with van der Waals surface area (Å²) in [5, 5.41) is 3.96. The zero-order chi connectivity index (χ0) is 23.0. The number of benzene rings is 2. The van der Waals surface area contributed by atoms with E-state index in [0.717, 1.165) is 23.3 Å². The first-order chi connectivity index (χ1) is 14.6. The summed E-state index contributed by atoms with van der Waals surface area (Å²) in [5.41, 5.74) is 1.59. The summed E-state index contributed by atoms with van der Waals surface area (Å²) < 4.78 is 30.2. The van der Waals surface area contributed by atoms with Crippen LogP contribution in [0.5, 0.6) is 5.75 Å². The summed E-state index contributed by atoms with van der Waals surface area (Å²) in [4.78, 5) is 12.4. The van der Waals surface area contributed by atoms with Crippen LogP contribution in [0, 0.1) is 0 Å². The van der Waals surface area contributed by atoms with E-state index < -0.39 is 16.1 Å². The van der Waals surface area contributed by atoms with Crippen molar-refractivity contribution in [2.24, 2.45) is 0 Å². The molecule has 0 fully saturated rings. The average molecular weight is 505 g/mol. The SMILES string of the molecule is CCC(Oc1ccc(N(C)S(C)(=O)=O)cc1)C(=O)NCCSCc1ccc(Cl)c(Cl)c1. The minimum Gasteiger partial charge on any atom is -0.481 e. The van der Waals surface area contributed by atoms with Crippen molar-refractivity contribution in [1.82, 2.24) is 5.32 Å². The number of rotatable bonds is 11. The van der Waals surface area contributed by atoms with Gasteiger partial charge in [-0.25, -0.2) is 8.42 Å². The number of amides is 1. The van der Waals surface area contributed by atoms with Crippen LogP contribution in [0.25, 0.3) is 0 Å². The van der Waals surface area contributed by atoms with Crippen molar-refractivity contribution in [2.45, 2.75) is 25.2 Å². The topological polar surface area (TPSA) is 75.7 Å². The van der Waals surface area contributed by atoms with Gasteiger partial charge in [-0.2, -0.15) is 11.8 Å². The Balaban J connectivity index is 1.79. The molecular formula is C21H26Cl2N2O4S2. The van der Waals surface area contributed by atoms with E-state index in [2.05, 4.69) is 5.32 Å². The monoisotopic (exact) mass is 504 g/mol. The van der Waals surface area contributed by atoms with Crippen LogP contribution in [0.1, 0.15) is 18.9 Å². The smallest absolute Gasteiger partial charge is 0.261 e. The van der Waals surface area contributed by atoms with Gasteiger partial charge in [0.15, 0.2) is 6.10 Å². The van der Waals surface area contributed by atoms with Crippen LogP contribution < -0.4 is 14.4 Å². The fourth-order valence-electron chi connectivity index (χ4n) is 2.59. The molecule has 0 aromatic heterocycles. The summed E-state index contributed by atoms with van der Waals surface area (Å²) in [7, 11) is -1.85. The molecule has 0 heterocycles. The van der Waals surface area contributed by atoms with Gasteiger partial charge in [-0.3, -0.25) is 9.10 Å². The molecule has 1 amide bonds. The van der Waals surface area contributed by atoms with Gasteiger partial charge < -0.3 is 10.1 Å². The molecule has 0 bridgehead atoms. The van der Waals surface area contributed by atoms with Gasteiger partial charge in [0.2, 0.25) is 10.0 Å². The number of nitrogens with one attached hydrogen (secondary N) is 1. The third-order valence-electron chi connectivity index (χ3n) is 4.44. The molecule has 2 aromatic rings. The fraction of sp³-hybridized carbons (Fsp3) is 0.381. The summed E-state index contributed by atoms with van der Waals surface area (Å²) in [6.45, 7) is 2.39. The second kappa shape index (κ2) is 11.9. The number of carbonyl (C=O) groups excluding carboxylic acids is 1. The number of ether oxygens (including phenoxy) is 1. The number of thioether (sulfide) groups is 1. The molecule has 170 valence electrons. The number of hydrogen-bond acceptors (Lipinski definition) is 5. The number of nitrogens with zero attached hydrogens (tertiary/aromatic N) is 1. The number of hydrogen-bond donors (Lipinski definition) is 1. The summed E-state index contributed by atoms with van der Waals surface area (Å²) in [5.74, 6) is 1.83. The van der Waals surface area contributed by atoms with Crippen LogP contribution in [0.15, 0.2) is 42.5 Å². The second-order valence-corrected chi connectivity index (χ2v) is 10.8. The molecule has 31 heavy (non-hydrogen) atoms. The normalized spacial score (nSPS) is 12.3. The van der Waals surface area contributed by atoms with Crippen molar-refractivity contribution in [3.05, 3.63) is 58.1 Å². The highest BCUT2D eigenvalue weighted by Gasteiger charge is 2.18. The maximum atomic E-state index is 12.4. The van der Waals surface area contributed by atoms with Crippen molar-refractivity contribution >= 4 is 56.6 Å². The molecule has 1 atom stereocenters. The lowest BCUT2D eigenvalue weighted by Gasteiger charge is -2.19. The van der Waals surface area contributed by atoms with Crippen LogP contribution in [0.2, 0.25) is 10.0 Å². The third-order valence-corrected chi connectivity index (χ3v) is 7.41. The van der Waals surface area contributed by atoms with Crippen molar-refractivity contribution < 1.29 is 17.9 Å². The minimum atomic E-state index is -3.33. The summed E-state index contributed by atoms with van der Waals surface area (Å²) >= 11 is 13.6. The first-order valence-electron chi connectivity index (χ1n) is 9.61. The van der Waals surface area contributed by atoms with E-state index in [9.17, 15) is 13.2 Å². The van der Waals surface area contributed by atoms with Crippen LogP contribution in [-0.4, -0.2) is 46.0 Å². The predicted molar refractivity (Wildman–Crippen MR) is 130 cm³/mol. The Labute approximate surface area is 198 Å². The van der Waals surface area contributed by atoms with Crippen LogP contribution in [-0.2, 0) is 20.6 Å². The Morgan fingerprint density at radius 2 is 1.84 bits per heavy atom. The van der Waals surface area contributed by atoms with Crippen molar-refractivity contribution in [3.8, 4) is 5.75 Å². The molecule has 2 rings (SSSR count). The summed E-state index contributed by atoms with van der Waals surface area (Å²) in [6.07, 6.45) is 1.02. The molecule has 6 nitrogen and oxygen atoms in total. The molecule has 1 unspecified atom stereocenters. The third kappa shape index (κ3) is 8.11. The maximum Gasteiger partial charge on any atom is 0.261 e. The van der Waals surface area contributed by atoms with Crippen molar-refractivity contribution in [3.63, 3.8) is 0 Å². The highest BCUT2D eigenvalue weighted by molar-refractivity contribution is 7.98. The van der Waals surface area contributed by atoms with Crippen LogP contribution in [0.3, 0.4) is 0 Å². The first-order valence-corrected chi connectivity index (χ1v) is 13.4. The Hall–Kier alpha value is -1.61. The standard InChI is InChI=1S/C21H26Cl2N2O4S2/c1-4-20(29-17-8-6-16(7-9-17)25(2)31(3,27)28)21(26)24-11-12-30-14-15-5-10-18(22)19(23)13-15/h5-10,13,20H,4,11-12,14H2,1-3H3,(H,24,26). The molecule has 10 heteroatoms. The quantitative estimate of drug-likeness (QED) is 0.452. The van der Waals surface area contributed by atoms with Crippen molar-refractivity contribution in [1.29, 1.82) is 0 Å². The molecule has 0 aliphatic heterocycles. The fourth-order valence-corrected chi connectivity index (χ4v) is 4.22. The number of carbonyl (C=O) groups is 1. The lowest BCUT2D eigenvalue weighted by molar-refractivity contribution is -0.127. The largest absolute Gasteiger partial charge is 0.481 e. The Morgan fingerprint density at radius 1 is 1.16 bits per heavy atom. The second-order valence-electron chi connectivity index (χ2n) is 6.83. The molecule has 0 saturated carbocycles. The van der Waals surface area contributed by atoms with Crippen LogP contribution in [0.4, 0.5) is 5.69 Å². The van der Waals surface area contributed by atoms with Gasteiger partial charge in [0.25, 0.3) is 5.91 Å². The van der Waals surface area contributed by atoms with E-state index in [4.69, 9.17) is 27.9 Å². The van der Waals surface area contributed by atoms with E-state index >= 15 is 0 Å². The van der Waals surface area contributed by atoms with E-state index in [0.29, 0.717) is 34.4 Å². The van der Waals surface area contributed by atoms with Crippen LogP contribution >= 0.6 is 35.0 Å². The van der Waals surface area contributed by atoms with Gasteiger partial charge in [0.1, 0.15) is 5.75 Å². The molecule has 0 aliphatic carbocycles. The molecule has 0 radical (unpaired) electrons. The molecule has 0 aliphatic rings. The van der Waals surface area contributed by atoms with Crippen molar-refractivity contribution in [2.75, 3.05) is 29.9 Å². The lowest BCUT2D eigenvalue weighted by atomic mass is 10.2. The summed E-state index contributed by atoms with van der Waals surface area (Å²) in [6, 6.07) is 12.1. The van der Waals surface area contributed by atoms with Gasteiger partial charge in [-0.15, -0.1) is 0 Å². The lowest BCUT2D eigenvalue weighted by Crippen LogP contribution is -2.39. The first kappa shape index (κ1) is 25.6. The minimum absolute atomic E-state index is 0.185. The Kier molecular flexibility index (Phi) is 9.81. The highest BCUT2D eigenvalue weighted by atomic mass is 35.5. The van der Waals surface area contributed by atoms with E-state index in [1.807, 2.05) is 19.1 Å². The molecule has 1 N–H and O–H groups in total. The maximum absolute atomic E-state index is 12.4. The van der Waals surface area contributed by atoms with Gasteiger partial charge in [0, 0.05) is 25.1 Å². The number of halogens is 2. The number of anilines is 1. The number of sulfonamides is 1. The van der Waals surface area contributed by atoms with E-state index in [1.54, 1.807) is 42.1 Å².